The summed E-state index contributed by atoms with van der Waals surface area (Å²) < 4.78 is 0. The minimum Gasteiger partial charge on any atom is -0.395 e. The molecule has 0 bridgehead atoms. The fraction of sp³-hybridized carbons (Fsp3) is 0.667. The van der Waals surface area contributed by atoms with E-state index in [2.05, 4.69) is 20.8 Å². The van der Waals surface area contributed by atoms with Gasteiger partial charge in [0.05, 0.1) is 6.61 Å². The van der Waals surface area contributed by atoms with Gasteiger partial charge in [0.1, 0.15) is 5.01 Å². The van der Waals surface area contributed by atoms with Crippen molar-refractivity contribution in [2.75, 3.05) is 18.5 Å². The van der Waals surface area contributed by atoms with E-state index in [0.29, 0.717) is 5.13 Å². The first-order chi connectivity index (χ1) is 7.43. The maximum Gasteiger partial charge on any atom is 0.321 e. The summed E-state index contributed by atoms with van der Waals surface area (Å²) >= 11 is 1.34. The molecule has 0 atom stereocenters. The van der Waals surface area contributed by atoms with Crippen LogP contribution in [-0.4, -0.2) is 34.5 Å². The van der Waals surface area contributed by atoms with Gasteiger partial charge in [0, 0.05) is 12.0 Å². The number of anilines is 1. The lowest BCUT2D eigenvalue weighted by Gasteiger charge is -2.12. The van der Waals surface area contributed by atoms with Crippen molar-refractivity contribution in [1.29, 1.82) is 0 Å². The number of hydrogen-bond acceptors (Lipinski definition) is 5. The molecule has 6 nitrogen and oxygen atoms in total. The van der Waals surface area contributed by atoms with Gasteiger partial charge in [0.15, 0.2) is 0 Å². The molecule has 90 valence electrons. The lowest BCUT2D eigenvalue weighted by molar-refractivity contribution is 0.245. The van der Waals surface area contributed by atoms with Crippen LogP contribution in [-0.2, 0) is 5.41 Å². The minimum absolute atomic E-state index is 0.0703. The number of aliphatic hydroxyl groups is 1. The van der Waals surface area contributed by atoms with Crippen LogP contribution in [0.15, 0.2) is 0 Å². The van der Waals surface area contributed by atoms with Crippen molar-refractivity contribution in [3.8, 4) is 0 Å². The van der Waals surface area contributed by atoms with Crippen LogP contribution in [0.5, 0.6) is 0 Å². The lowest BCUT2D eigenvalue weighted by atomic mass is 9.98. The molecule has 1 aromatic heterocycles. The molecule has 0 aliphatic carbocycles. The molecule has 1 rings (SSSR count). The largest absolute Gasteiger partial charge is 0.395 e. The summed E-state index contributed by atoms with van der Waals surface area (Å²) in [5.41, 5.74) is -0.0703. The van der Waals surface area contributed by atoms with Crippen LogP contribution in [0.3, 0.4) is 0 Å². The Bertz CT molecular complexity index is 359. The van der Waals surface area contributed by atoms with Gasteiger partial charge in [0.2, 0.25) is 5.13 Å². The molecular weight excluding hydrogens is 228 g/mol. The fourth-order valence-corrected chi connectivity index (χ4v) is 1.68. The van der Waals surface area contributed by atoms with Gasteiger partial charge in [-0.25, -0.2) is 4.79 Å². The fourth-order valence-electron chi connectivity index (χ4n) is 0.888. The van der Waals surface area contributed by atoms with Crippen molar-refractivity contribution < 1.29 is 9.90 Å². The zero-order valence-electron chi connectivity index (χ0n) is 9.57. The lowest BCUT2D eigenvalue weighted by Crippen LogP contribution is -2.30. The number of aliphatic hydroxyl groups excluding tert-OH is 1. The van der Waals surface area contributed by atoms with Crippen molar-refractivity contribution in [2.45, 2.75) is 26.2 Å². The molecule has 2 amide bonds. The Kier molecular flexibility index (Phi) is 4.19. The van der Waals surface area contributed by atoms with Crippen LogP contribution in [0.4, 0.5) is 9.93 Å². The number of nitrogens with zero attached hydrogens (tertiary/aromatic N) is 2. The zero-order chi connectivity index (χ0) is 12.2. The molecule has 0 radical (unpaired) electrons. The minimum atomic E-state index is -0.384. The number of hydrogen-bond donors (Lipinski definition) is 3. The summed E-state index contributed by atoms with van der Waals surface area (Å²) in [7, 11) is 0. The van der Waals surface area contributed by atoms with Gasteiger partial charge in [0.25, 0.3) is 0 Å². The first kappa shape index (κ1) is 12.9. The van der Waals surface area contributed by atoms with Crippen LogP contribution >= 0.6 is 11.3 Å². The molecule has 1 heterocycles. The molecule has 0 saturated heterocycles. The van der Waals surface area contributed by atoms with Gasteiger partial charge in [-0.15, -0.1) is 10.2 Å². The zero-order valence-corrected chi connectivity index (χ0v) is 10.4. The Morgan fingerprint density at radius 1 is 1.44 bits per heavy atom. The average molecular weight is 244 g/mol. The van der Waals surface area contributed by atoms with Gasteiger partial charge in [-0.3, -0.25) is 5.32 Å². The molecule has 0 unspecified atom stereocenters. The predicted octanol–water partition coefficient (Wildman–Crippen LogP) is 0.949. The second-order valence-corrected chi connectivity index (χ2v) is 5.24. The van der Waals surface area contributed by atoms with Gasteiger partial charge in [-0.2, -0.15) is 0 Å². The first-order valence-corrected chi connectivity index (χ1v) is 5.75. The van der Waals surface area contributed by atoms with Crippen molar-refractivity contribution >= 4 is 22.5 Å². The Balaban J connectivity index is 2.56. The SMILES string of the molecule is CC(C)(C)c1nnc(NC(=O)NCCO)s1. The average Bonchev–Trinajstić information content (AvgIpc) is 2.62. The molecule has 0 aliphatic heterocycles. The number of carbonyl (C=O) groups excluding carboxylic acids is 1. The Morgan fingerprint density at radius 2 is 2.12 bits per heavy atom. The van der Waals surface area contributed by atoms with Crippen molar-refractivity contribution in [1.82, 2.24) is 15.5 Å². The monoisotopic (exact) mass is 244 g/mol. The van der Waals surface area contributed by atoms with Crippen LogP contribution in [0.2, 0.25) is 0 Å². The van der Waals surface area contributed by atoms with Crippen LogP contribution < -0.4 is 10.6 Å². The number of nitrogens with one attached hydrogen (secondary N) is 2. The molecule has 0 aromatic carbocycles. The molecule has 0 fully saturated rings. The molecule has 0 aliphatic rings. The summed E-state index contributed by atoms with van der Waals surface area (Å²) in [6.07, 6.45) is 0. The molecule has 1 aromatic rings. The Morgan fingerprint density at radius 3 is 2.62 bits per heavy atom. The molecular formula is C9H16N4O2S. The third-order valence-corrected chi connectivity index (χ3v) is 2.95. The number of aromatic nitrogens is 2. The van der Waals surface area contributed by atoms with Gasteiger partial charge in [-0.05, 0) is 0 Å². The van der Waals surface area contributed by atoms with Crippen molar-refractivity contribution in [3.05, 3.63) is 5.01 Å². The quantitative estimate of drug-likeness (QED) is 0.738. The summed E-state index contributed by atoms with van der Waals surface area (Å²) in [5.74, 6) is 0. The van der Waals surface area contributed by atoms with E-state index < -0.39 is 0 Å². The van der Waals surface area contributed by atoms with Crippen LogP contribution in [0.25, 0.3) is 0 Å². The second kappa shape index (κ2) is 5.22. The smallest absolute Gasteiger partial charge is 0.321 e. The Hall–Kier alpha value is -1.21. The molecule has 7 heteroatoms. The van der Waals surface area contributed by atoms with E-state index in [-0.39, 0.29) is 24.6 Å². The van der Waals surface area contributed by atoms with E-state index in [9.17, 15) is 4.79 Å². The van der Waals surface area contributed by atoms with E-state index in [0.717, 1.165) is 5.01 Å². The number of carbonyl (C=O) groups is 1. The topological polar surface area (TPSA) is 87.1 Å². The van der Waals surface area contributed by atoms with E-state index in [1.807, 2.05) is 20.8 Å². The highest BCUT2D eigenvalue weighted by Crippen LogP contribution is 2.27. The third-order valence-electron chi connectivity index (χ3n) is 1.68. The number of urea groups is 1. The maximum absolute atomic E-state index is 11.2. The molecule has 16 heavy (non-hydrogen) atoms. The summed E-state index contributed by atoms with van der Waals surface area (Å²) in [6.45, 7) is 6.23. The van der Waals surface area contributed by atoms with Crippen molar-refractivity contribution in [3.63, 3.8) is 0 Å². The van der Waals surface area contributed by atoms with Crippen LogP contribution in [0, 0.1) is 0 Å². The first-order valence-electron chi connectivity index (χ1n) is 4.93. The summed E-state index contributed by atoms with van der Waals surface area (Å²) in [6, 6.07) is -0.384. The van der Waals surface area contributed by atoms with Gasteiger partial charge >= 0.3 is 6.03 Å². The summed E-state index contributed by atoms with van der Waals surface area (Å²) in [4.78, 5) is 11.2. The predicted molar refractivity (Wildman–Crippen MR) is 62.7 cm³/mol. The van der Waals surface area contributed by atoms with Crippen LogP contribution in [0.1, 0.15) is 25.8 Å². The van der Waals surface area contributed by atoms with E-state index in [1.165, 1.54) is 11.3 Å². The third kappa shape index (κ3) is 3.74. The van der Waals surface area contributed by atoms with Gasteiger partial charge < -0.3 is 10.4 Å². The molecule has 3 N–H and O–H groups in total. The number of rotatable bonds is 3. The number of amides is 2. The highest BCUT2D eigenvalue weighted by atomic mass is 32.1. The van der Waals surface area contributed by atoms with Gasteiger partial charge in [-0.1, -0.05) is 32.1 Å². The Labute approximate surface area is 98.1 Å². The second-order valence-electron chi connectivity index (χ2n) is 4.27. The summed E-state index contributed by atoms with van der Waals surface area (Å²) in [5, 5.41) is 22.7. The van der Waals surface area contributed by atoms with E-state index >= 15 is 0 Å². The van der Waals surface area contributed by atoms with E-state index in [4.69, 9.17) is 5.11 Å². The van der Waals surface area contributed by atoms with E-state index in [1.54, 1.807) is 0 Å². The maximum atomic E-state index is 11.2. The van der Waals surface area contributed by atoms with Crippen molar-refractivity contribution in [2.24, 2.45) is 0 Å². The highest BCUT2D eigenvalue weighted by molar-refractivity contribution is 7.15. The highest BCUT2D eigenvalue weighted by Gasteiger charge is 2.19. The molecule has 0 saturated carbocycles. The normalized spacial score (nSPS) is 11.2. The standard InChI is InChI=1S/C9H16N4O2S/c1-9(2,3)6-12-13-8(16-6)11-7(15)10-4-5-14/h14H,4-5H2,1-3H3,(H2,10,11,13,15). The molecule has 0 spiro atoms.